The number of hydrogen-bond donors (Lipinski definition) is 2. The predicted molar refractivity (Wildman–Crippen MR) is 149 cm³/mol. The van der Waals surface area contributed by atoms with Gasteiger partial charge in [0, 0.05) is 16.8 Å². The maximum atomic E-state index is 13.0. The highest BCUT2D eigenvalue weighted by atomic mass is 32.2. The lowest BCUT2D eigenvalue weighted by Gasteiger charge is -2.15. The molecule has 0 aliphatic rings. The number of carbonyl (C=O) groups is 1. The highest BCUT2D eigenvalue weighted by molar-refractivity contribution is 7.92. The highest BCUT2D eigenvalue weighted by Crippen LogP contribution is 2.40. The van der Waals surface area contributed by atoms with Crippen LogP contribution in [0.1, 0.15) is 15.2 Å². The first-order valence-electron chi connectivity index (χ1n) is 11.5. The summed E-state index contributed by atoms with van der Waals surface area (Å²) in [6.07, 6.45) is 0. The standard InChI is InChI=1S/C29H20N2O6S2/c1-36-22-7-9-24(10-8-22)39(34,35)31-21-5-11-27(26(16-21)25-12-13-38-28(25)29(32)33)37-23-6-4-19-14-18(17-30)2-3-20(19)15-23/h2-16,31H,1H3,(H,32,33). The summed E-state index contributed by atoms with van der Waals surface area (Å²) in [5.41, 5.74) is 1.58. The minimum atomic E-state index is -3.94. The van der Waals surface area contributed by atoms with Crippen molar-refractivity contribution < 1.29 is 27.8 Å². The van der Waals surface area contributed by atoms with Gasteiger partial charge >= 0.3 is 5.97 Å². The summed E-state index contributed by atoms with van der Waals surface area (Å²) in [7, 11) is -2.44. The zero-order chi connectivity index (χ0) is 27.6. The van der Waals surface area contributed by atoms with E-state index < -0.39 is 16.0 Å². The van der Waals surface area contributed by atoms with E-state index in [1.54, 1.807) is 60.0 Å². The number of nitrogens with one attached hydrogen (secondary N) is 1. The van der Waals surface area contributed by atoms with E-state index in [4.69, 9.17) is 14.7 Å². The van der Waals surface area contributed by atoms with Crippen molar-refractivity contribution in [1.29, 1.82) is 5.26 Å². The Hall–Kier alpha value is -4.85. The Morgan fingerprint density at radius 1 is 0.897 bits per heavy atom. The average molecular weight is 557 g/mol. The molecule has 10 heteroatoms. The van der Waals surface area contributed by atoms with Crippen LogP contribution in [-0.4, -0.2) is 26.6 Å². The minimum absolute atomic E-state index is 0.0441. The molecule has 0 fully saturated rings. The summed E-state index contributed by atoms with van der Waals surface area (Å²) in [5.74, 6) is 0.258. The third kappa shape index (κ3) is 5.40. The molecule has 194 valence electrons. The maximum Gasteiger partial charge on any atom is 0.346 e. The molecule has 0 unspecified atom stereocenters. The van der Waals surface area contributed by atoms with Crippen LogP contribution in [0.25, 0.3) is 21.9 Å². The van der Waals surface area contributed by atoms with Gasteiger partial charge in [0.2, 0.25) is 0 Å². The largest absolute Gasteiger partial charge is 0.497 e. The van der Waals surface area contributed by atoms with Crippen molar-refractivity contribution in [3.63, 3.8) is 0 Å². The quantitative estimate of drug-likeness (QED) is 0.217. The Balaban J connectivity index is 1.53. The molecule has 39 heavy (non-hydrogen) atoms. The number of benzene rings is 4. The number of methoxy groups -OCH3 is 1. The number of sulfonamides is 1. The third-order valence-corrected chi connectivity index (χ3v) is 8.22. The molecule has 0 spiro atoms. The number of thiophene rings is 1. The molecule has 0 aliphatic heterocycles. The van der Waals surface area contributed by atoms with Gasteiger partial charge in [-0.05, 0) is 88.9 Å². The molecule has 5 aromatic rings. The van der Waals surface area contributed by atoms with E-state index in [-0.39, 0.29) is 15.5 Å². The Kier molecular flexibility index (Phi) is 6.94. The van der Waals surface area contributed by atoms with Gasteiger partial charge in [-0.1, -0.05) is 12.1 Å². The van der Waals surface area contributed by atoms with E-state index in [0.29, 0.717) is 33.9 Å². The fourth-order valence-electron chi connectivity index (χ4n) is 4.03. The second-order valence-electron chi connectivity index (χ2n) is 8.40. The van der Waals surface area contributed by atoms with Gasteiger partial charge in [-0.25, -0.2) is 13.2 Å². The second-order valence-corrected chi connectivity index (χ2v) is 11.0. The van der Waals surface area contributed by atoms with Crippen LogP contribution in [0.15, 0.2) is 95.2 Å². The van der Waals surface area contributed by atoms with E-state index >= 15 is 0 Å². The molecule has 8 nitrogen and oxygen atoms in total. The first-order valence-corrected chi connectivity index (χ1v) is 13.9. The summed E-state index contributed by atoms with van der Waals surface area (Å²) in [6, 6.07) is 25.1. The minimum Gasteiger partial charge on any atom is -0.497 e. The van der Waals surface area contributed by atoms with Crippen LogP contribution in [0.5, 0.6) is 17.2 Å². The lowest BCUT2D eigenvalue weighted by atomic mass is 10.0. The average Bonchev–Trinajstić information content (AvgIpc) is 3.44. The molecule has 0 saturated carbocycles. The maximum absolute atomic E-state index is 13.0. The van der Waals surface area contributed by atoms with Gasteiger partial charge in [-0.15, -0.1) is 11.3 Å². The van der Waals surface area contributed by atoms with Crippen LogP contribution in [0.4, 0.5) is 5.69 Å². The van der Waals surface area contributed by atoms with Crippen LogP contribution in [-0.2, 0) is 10.0 Å². The van der Waals surface area contributed by atoms with Crippen LogP contribution < -0.4 is 14.2 Å². The number of carboxylic acid groups (broad SMARTS) is 1. The van der Waals surface area contributed by atoms with Gasteiger partial charge in [-0.3, -0.25) is 4.72 Å². The van der Waals surface area contributed by atoms with Crippen molar-refractivity contribution in [2.75, 3.05) is 11.8 Å². The second kappa shape index (κ2) is 10.5. The lowest BCUT2D eigenvalue weighted by molar-refractivity contribution is 0.0703. The summed E-state index contributed by atoms with van der Waals surface area (Å²) < 4.78 is 39.9. The van der Waals surface area contributed by atoms with Crippen molar-refractivity contribution in [2.24, 2.45) is 0 Å². The van der Waals surface area contributed by atoms with Gasteiger partial charge in [0.05, 0.1) is 23.6 Å². The molecule has 2 N–H and O–H groups in total. The number of nitrogens with zero attached hydrogens (tertiary/aromatic N) is 1. The van der Waals surface area contributed by atoms with Crippen molar-refractivity contribution in [3.05, 3.63) is 101 Å². The predicted octanol–water partition coefficient (Wildman–Crippen LogP) is 6.74. The van der Waals surface area contributed by atoms with Crippen LogP contribution >= 0.6 is 11.3 Å². The highest BCUT2D eigenvalue weighted by Gasteiger charge is 2.20. The summed E-state index contributed by atoms with van der Waals surface area (Å²) in [5, 5.41) is 22.3. The number of ether oxygens (including phenoxy) is 2. The summed E-state index contributed by atoms with van der Waals surface area (Å²) in [4.78, 5) is 12.0. The molecule has 5 rings (SSSR count). The van der Waals surface area contributed by atoms with Gasteiger partial charge in [0.15, 0.2) is 0 Å². The molecule has 1 heterocycles. The first-order chi connectivity index (χ1) is 18.8. The van der Waals surface area contributed by atoms with Gasteiger partial charge in [0.1, 0.15) is 22.1 Å². The van der Waals surface area contributed by atoms with E-state index in [0.717, 1.165) is 22.1 Å². The Labute approximate surface area is 228 Å². The third-order valence-electron chi connectivity index (χ3n) is 5.92. The molecule has 0 aliphatic carbocycles. The number of fused-ring (bicyclic) bond motifs is 1. The monoisotopic (exact) mass is 556 g/mol. The van der Waals surface area contributed by atoms with E-state index in [1.165, 1.54) is 19.2 Å². The SMILES string of the molecule is COc1ccc(S(=O)(=O)Nc2ccc(Oc3ccc4cc(C#N)ccc4c3)c(-c3ccsc3C(=O)O)c2)cc1. The topological polar surface area (TPSA) is 126 Å². The Morgan fingerprint density at radius 3 is 2.33 bits per heavy atom. The van der Waals surface area contributed by atoms with Gasteiger partial charge in [0.25, 0.3) is 10.0 Å². The molecule has 0 radical (unpaired) electrons. The molecule has 0 atom stereocenters. The fourth-order valence-corrected chi connectivity index (χ4v) is 5.83. The molecular weight excluding hydrogens is 536 g/mol. The van der Waals surface area contributed by atoms with Crippen LogP contribution in [0, 0.1) is 11.3 Å². The first kappa shape index (κ1) is 25.8. The number of aromatic carboxylic acids is 1. The molecule has 1 aromatic heterocycles. The molecule has 0 saturated heterocycles. The Morgan fingerprint density at radius 2 is 1.62 bits per heavy atom. The van der Waals surface area contributed by atoms with E-state index in [9.17, 15) is 18.3 Å². The van der Waals surface area contributed by atoms with Crippen molar-refractivity contribution >= 4 is 43.8 Å². The summed E-state index contributed by atoms with van der Waals surface area (Å²) >= 11 is 1.06. The van der Waals surface area contributed by atoms with Crippen molar-refractivity contribution in [3.8, 4) is 34.4 Å². The van der Waals surface area contributed by atoms with Crippen molar-refractivity contribution in [2.45, 2.75) is 4.90 Å². The Bertz CT molecular complexity index is 1860. The van der Waals surface area contributed by atoms with Gasteiger partial charge in [-0.2, -0.15) is 5.26 Å². The van der Waals surface area contributed by atoms with E-state index in [1.807, 2.05) is 18.2 Å². The lowest BCUT2D eigenvalue weighted by Crippen LogP contribution is -2.13. The molecule has 4 aromatic carbocycles. The summed E-state index contributed by atoms with van der Waals surface area (Å²) in [6.45, 7) is 0. The zero-order valence-corrected chi connectivity index (χ0v) is 22.0. The van der Waals surface area contributed by atoms with Crippen molar-refractivity contribution in [1.82, 2.24) is 0 Å². The fraction of sp³-hybridized carbons (Fsp3) is 0.0345. The number of anilines is 1. The molecular formula is C29H20N2O6S2. The zero-order valence-electron chi connectivity index (χ0n) is 20.4. The van der Waals surface area contributed by atoms with Gasteiger partial charge < -0.3 is 14.6 Å². The molecule has 0 bridgehead atoms. The number of rotatable bonds is 8. The number of hydrogen-bond acceptors (Lipinski definition) is 7. The van der Waals surface area contributed by atoms with Crippen LogP contribution in [0.2, 0.25) is 0 Å². The van der Waals surface area contributed by atoms with Crippen LogP contribution in [0.3, 0.4) is 0 Å². The normalized spacial score (nSPS) is 11.1. The number of carboxylic acids is 1. The molecule has 0 amide bonds. The van der Waals surface area contributed by atoms with E-state index in [2.05, 4.69) is 10.8 Å². The smallest absolute Gasteiger partial charge is 0.346 e. The number of nitriles is 1.